The first-order valence-corrected chi connectivity index (χ1v) is 10.7. The molecule has 0 bridgehead atoms. The second-order valence-electron chi connectivity index (χ2n) is 6.15. The maximum absolute atomic E-state index is 12.9. The topological polar surface area (TPSA) is 66.9 Å². The molecule has 1 aliphatic rings. The highest BCUT2D eigenvalue weighted by molar-refractivity contribution is 7.99. The molecule has 0 spiro atoms. The Morgan fingerprint density at radius 2 is 2.12 bits per heavy atom. The lowest BCUT2D eigenvalue weighted by atomic mass is 10.2. The van der Waals surface area contributed by atoms with Crippen LogP contribution in [0.2, 0.25) is 0 Å². The van der Waals surface area contributed by atoms with E-state index in [9.17, 15) is 9.59 Å². The van der Waals surface area contributed by atoms with Gasteiger partial charge in [-0.15, -0.1) is 23.1 Å². The number of nitrogens with one attached hydrogen (secondary N) is 2. The first kappa shape index (κ1) is 17.5. The molecule has 1 aliphatic carbocycles. The summed E-state index contributed by atoms with van der Waals surface area (Å²) in [6, 6.07) is 9.96. The third-order valence-corrected chi connectivity index (χ3v) is 6.84. The first-order chi connectivity index (χ1) is 12.6. The van der Waals surface area contributed by atoms with Crippen molar-refractivity contribution in [2.45, 2.75) is 25.0 Å². The molecule has 8 heteroatoms. The minimum atomic E-state index is -0.237. The molecular weight excluding hydrogens is 386 g/mol. The van der Waals surface area contributed by atoms with Gasteiger partial charge in [0, 0.05) is 10.6 Å². The van der Waals surface area contributed by atoms with Crippen LogP contribution in [0, 0.1) is 4.77 Å². The van der Waals surface area contributed by atoms with Crippen LogP contribution in [0.25, 0.3) is 10.2 Å². The Balaban J connectivity index is 1.51. The van der Waals surface area contributed by atoms with E-state index < -0.39 is 0 Å². The molecule has 0 radical (unpaired) electrons. The van der Waals surface area contributed by atoms with Crippen molar-refractivity contribution < 1.29 is 4.79 Å². The van der Waals surface area contributed by atoms with Crippen LogP contribution in [-0.2, 0) is 23.4 Å². The molecule has 3 aromatic rings. The van der Waals surface area contributed by atoms with Crippen molar-refractivity contribution in [3.8, 4) is 0 Å². The van der Waals surface area contributed by atoms with E-state index in [0.717, 1.165) is 41.0 Å². The van der Waals surface area contributed by atoms with E-state index in [-0.39, 0.29) is 22.0 Å². The van der Waals surface area contributed by atoms with E-state index in [0.29, 0.717) is 5.39 Å². The van der Waals surface area contributed by atoms with Gasteiger partial charge >= 0.3 is 0 Å². The van der Waals surface area contributed by atoms with Gasteiger partial charge in [-0.2, -0.15) is 4.68 Å². The van der Waals surface area contributed by atoms with Crippen LogP contribution in [0.15, 0.2) is 35.1 Å². The van der Waals surface area contributed by atoms with E-state index in [1.807, 2.05) is 30.3 Å². The number of amides is 1. The summed E-state index contributed by atoms with van der Waals surface area (Å²) in [4.78, 5) is 30.3. The number of rotatable bonds is 5. The van der Waals surface area contributed by atoms with Gasteiger partial charge in [-0.05, 0) is 42.6 Å². The van der Waals surface area contributed by atoms with Gasteiger partial charge in [0.15, 0.2) is 0 Å². The number of nitrogens with zero attached hydrogens (tertiary/aromatic N) is 1. The fourth-order valence-corrected chi connectivity index (χ4v) is 5.53. The lowest BCUT2D eigenvalue weighted by molar-refractivity contribution is -0.114. The van der Waals surface area contributed by atoms with Crippen LogP contribution in [0.1, 0.15) is 22.4 Å². The maximum atomic E-state index is 12.9. The summed E-state index contributed by atoms with van der Waals surface area (Å²) in [7, 11) is 0. The second kappa shape index (κ2) is 7.38. The van der Waals surface area contributed by atoms with Crippen molar-refractivity contribution in [1.29, 1.82) is 0 Å². The molecule has 5 nitrogen and oxygen atoms in total. The zero-order valence-electron chi connectivity index (χ0n) is 13.9. The number of hydrogen-bond acceptors (Lipinski definition) is 5. The van der Waals surface area contributed by atoms with Gasteiger partial charge in [0.05, 0.1) is 11.1 Å². The summed E-state index contributed by atoms with van der Waals surface area (Å²) in [6.45, 7) is 0. The smallest absolute Gasteiger partial charge is 0.282 e. The number of fused-ring (bicyclic) bond motifs is 3. The van der Waals surface area contributed by atoms with Crippen LogP contribution < -0.4 is 11.0 Å². The Bertz CT molecular complexity index is 1080. The van der Waals surface area contributed by atoms with Gasteiger partial charge in [0.25, 0.3) is 5.56 Å². The predicted molar refractivity (Wildman–Crippen MR) is 110 cm³/mol. The van der Waals surface area contributed by atoms with Gasteiger partial charge in [-0.1, -0.05) is 30.3 Å². The molecule has 2 heterocycles. The third kappa shape index (κ3) is 3.36. The van der Waals surface area contributed by atoms with Crippen molar-refractivity contribution >= 4 is 51.4 Å². The van der Waals surface area contributed by atoms with Crippen LogP contribution in [0.3, 0.4) is 0 Å². The summed E-state index contributed by atoms with van der Waals surface area (Å²) < 4.78 is 1.40. The van der Waals surface area contributed by atoms with E-state index in [4.69, 9.17) is 12.2 Å². The second-order valence-corrected chi connectivity index (χ2v) is 8.62. The number of thioether (sulfide) groups is 1. The summed E-state index contributed by atoms with van der Waals surface area (Å²) in [5.41, 5.74) is 4.70. The molecule has 0 saturated carbocycles. The van der Waals surface area contributed by atoms with Crippen molar-refractivity contribution in [3.63, 3.8) is 0 Å². The van der Waals surface area contributed by atoms with E-state index in [1.165, 1.54) is 21.3 Å². The summed E-state index contributed by atoms with van der Waals surface area (Å²) in [5.74, 6) is 0.766. The molecule has 0 fully saturated rings. The van der Waals surface area contributed by atoms with Crippen LogP contribution in [-0.4, -0.2) is 21.3 Å². The number of carbonyl (C=O) groups excluding carboxylic acids is 1. The van der Waals surface area contributed by atoms with Gasteiger partial charge in [0.1, 0.15) is 4.83 Å². The van der Waals surface area contributed by atoms with E-state index in [1.54, 1.807) is 11.3 Å². The Labute approximate surface area is 163 Å². The number of aryl methyl sites for hydroxylation is 2. The van der Waals surface area contributed by atoms with Gasteiger partial charge < -0.3 is 4.98 Å². The molecule has 26 heavy (non-hydrogen) atoms. The fraction of sp³-hybridized carbons (Fsp3) is 0.278. The first-order valence-electron chi connectivity index (χ1n) is 8.34. The number of benzene rings is 1. The standard InChI is InChI=1S/C18H17N3O2S3/c22-14(10-25-9-11-5-2-1-3-6-11)20-21-17(23)15-12-7-4-8-13(12)26-16(15)19-18(21)24/h1-3,5-6H,4,7-10H2,(H,19,24)(H,20,22). The van der Waals surface area contributed by atoms with Gasteiger partial charge in [0.2, 0.25) is 10.7 Å². The SMILES string of the molecule is O=C(CSCc1ccccc1)Nn1c(=S)[nH]c2sc3c(c2c1=O)CCC3. The van der Waals surface area contributed by atoms with E-state index >= 15 is 0 Å². The van der Waals surface area contributed by atoms with Crippen LogP contribution >= 0.6 is 35.3 Å². The highest BCUT2D eigenvalue weighted by Gasteiger charge is 2.21. The number of thiophene rings is 1. The largest absolute Gasteiger partial charge is 0.322 e. The molecule has 0 unspecified atom stereocenters. The Hall–Kier alpha value is -1.90. The average Bonchev–Trinajstić information content (AvgIpc) is 3.20. The highest BCUT2D eigenvalue weighted by atomic mass is 32.2. The molecule has 0 aliphatic heterocycles. The summed E-state index contributed by atoms with van der Waals surface area (Å²) in [5, 5.41) is 0.674. The van der Waals surface area contributed by atoms with Crippen molar-refractivity contribution in [2.75, 3.05) is 11.2 Å². The molecule has 1 amide bonds. The molecule has 134 valence electrons. The van der Waals surface area contributed by atoms with Gasteiger partial charge in [-0.3, -0.25) is 15.0 Å². The Morgan fingerprint density at radius 1 is 1.31 bits per heavy atom. The van der Waals surface area contributed by atoms with Crippen molar-refractivity contribution in [1.82, 2.24) is 9.66 Å². The third-order valence-electron chi connectivity index (χ3n) is 4.34. The average molecular weight is 404 g/mol. The molecule has 4 rings (SSSR count). The minimum Gasteiger partial charge on any atom is -0.322 e. The number of aromatic amines is 1. The molecule has 0 atom stereocenters. The number of aromatic nitrogens is 2. The lowest BCUT2D eigenvalue weighted by Crippen LogP contribution is -2.35. The van der Waals surface area contributed by atoms with Crippen molar-refractivity contribution in [2.24, 2.45) is 0 Å². The maximum Gasteiger partial charge on any atom is 0.282 e. The molecule has 2 N–H and O–H groups in total. The number of carbonyl (C=O) groups is 1. The predicted octanol–water partition coefficient (Wildman–Crippen LogP) is 3.61. The zero-order chi connectivity index (χ0) is 18.1. The van der Waals surface area contributed by atoms with Crippen LogP contribution in [0.4, 0.5) is 0 Å². The normalized spacial score (nSPS) is 13.1. The van der Waals surface area contributed by atoms with Crippen LogP contribution in [0.5, 0.6) is 0 Å². The summed E-state index contributed by atoms with van der Waals surface area (Å²) in [6.07, 6.45) is 3.00. The molecule has 0 saturated heterocycles. The summed E-state index contributed by atoms with van der Waals surface area (Å²) >= 11 is 8.38. The number of H-pyrrole nitrogens is 1. The molecule has 1 aromatic carbocycles. The lowest BCUT2D eigenvalue weighted by Gasteiger charge is -2.09. The van der Waals surface area contributed by atoms with Gasteiger partial charge in [-0.25, -0.2) is 0 Å². The zero-order valence-corrected chi connectivity index (χ0v) is 16.4. The van der Waals surface area contributed by atoms with Crippen molar-refractivity contribution in [3.05, 3.63) is 61.5 Å². The number of hydrogen-bond donors (Lipinski definition) is 2. The quantitative estimate of drug-likeness (QED) is 0.639. The Morgan fingerprint density at radius 3 is 2.92 bits per heavy atom. The monoisotopic (exact) mass is 403 g/mol. The molecular formula is C18H17N3O2S3. The fourth-order valence-electron chi connectivity index (χ4n) is 3.17. The molecule has 2 aromatic heterocycles. The Kier molecular flexibility index (Phi) is 4.97. The van der Waals surface area contributed by atoms with E-state index in [2.05, 4.69) is 10.4 Å². The highest BCUT2D eigenvalue weighted by Crippen LogP contribution is 2.34. The minimum absolute atomic E-state index is 0.226.